The maximum atomic E-state index is 12.0. The minimum Gasteiger partial charge on any atom is -0.439 e. The lowest BCUT2D eigenvalue weighted by molar-refractivity contribution is -0.312. The van der Waals surface area contributed by atoms with E-state index in [2.05, 4.69) is 11.3 Å². The third-order valence-electron chi connectivity index (χ3n) is 0.931. The molecule has 0 aromatic heterocycles. The molecule has 0 bridgehead atoms. The van der Waals surface area contributed by atoms with E-state index in [-0.39, 0.29) is 0 Å². The molecule has 0 heterocycles. The second-order valence-corrected chi connectivity index (χ2v) is 2.58. The lowest BCUT2D eigenvalue weighted by Crippen LogP contribution is -2.45. The summed E-state index contributed by atoms with van der Waals surface area (Å²) in [6, 6.07) is 0. The van der Waals surface area contributed by atoms with Crippen LogP contribution >= 0.6 is 11.6 Å². The lowest BCUT2D eigenvalue weighted by Gasteiger charge is -2.22. The molecule has 0 fully saturated rings. The van der Waals surface area contributed by atoms with Crippen molar-refractivity contribution in [3.05, 3.63) is 11.6 Å². The number of carbonyl (C=O) groups is 1. The van der Waals surface area contributed by atoms with E-state index in [1.165, 1.54) is 0 Å². The zero-order valence-corrected chi connectivity index (χ0v) is 7.43. The molecule has 0 aromatic rings. The number of halogens is 7. The fourth-order valence-electron chi connectivity index (χ4n) is 0.425. The molecule has 0 rings (SSSR count). The standard InChI is InChI=1S/C6H3ClF6O2/c1-2(7)3(14)15-4(5(8,9)10)6(11,12)13/h4H,1H2/i4D. The van der Waals surface area contributed by atoms with Gasteiger partial charge in [-0.3, -0.25) is 0 Å². The third-order valence-corrected chi connectivity index (χ3v) is 1.09. The summed E-state index contributed by atoms with van der Waals surface area (Å²) in [5.41, 5.74) is 0. The summed E-state index contributed by atoms with van der Waals surface area (Å²) in [6.45, 7) is 2.58. The van der Waals surface area contributed by atoms with Crippen molar-refractivity contribution in [3.8, 4) is 0 Å². The largest absolute Gasteiger partial charge is 0.439 e. The van der Waals surface area contributed by atoms with Crippen molar-refractivity contribution in [2.75, 3.05) is 0 Å². The smallest absolute Gasteiger partial charge is 0.434 e. The van der Waals surface area contributed by atoms with Crippen LogP contribution in [0.1, 0.15) is 1.37 Å². The predicted octanol–water partition coefficient (Wildman–Crippen LogP) is 2.78. The Bertz CT molecular complexity index is 295. The van der Waals surface area contributed by atoms with Gasteiger partial charge in [0, 0.05) is 0 Å². The van der Waals surface area contributed by atoms with Gasteiger partial charge in [0.05, 0.1) is 1.37 Å². The van der Waals surface area contributed by atoms with E-state index in [0.717, 1.165) is 0 Å². The van der Waals surface area contributed by atoms with Gasteiger partial charge in [-0.1, -0.05) is 18.2 Å². The van der Waals surface area contributed by atoms with Crippen LogP contribution in [-0.2, 0) is 9.53 Å². The summed E-state index contributed by atoms with van der Waals surface area (Å²) in [4.78, 5) is 10.5. The van der Waals surface area contributed by atoms with Crippen molar-refractivity contribution in [2.45, 2.75) is 18.4 Å². The van der Waals surface area contributed by atoms with E-state index in [9.17, 15) is 31.1 Å². The van der Waals surface area contributed by atoms with Gasteiger partial charge in [0.15, 0.2) is 0 Å². The average molecular weight is 258 g/mol. The Hall–Kier alpha value is -0.920. The van der Waals surface area contributed by atoms with Crippen LogP contribution in [0.3, 0.4) is 0 Å². The molecule has 15 heavy (non-hydrogen) atoms. The second kappa shape index (κ2) is 4.30. The normalized spacial score (nSPS) is 14.5. The first-order valence-corrected chi connectivity index (χ1v) is 3.42. The van der Waals surface area contributed by atoms with Crippen molar-refractivity contribution in [1.29, 1.82) is 0 Å². The van der Waals surface area contributed by atoms with E-state index in [1.807, 2.05) is 0 Å². The highest BCUT2D eigenvalue weighted by molar-refractivity contribution is 6.40. The van der Waals surface area contributed by atoms with Gasteiger partial charge in [0.2, 0.25) is 0 Å². The zero-order valence-electron chi connectivity index (χ0n) is 7.67. The number of alkyl halides is 6. The highest BCUT2D eigenvalue weighted by atomic mass is 35.5. The number of esters is 1. The minimum absolute atomic E-state index is 1.20. The maximum absolute atomic E-state index is 12.0. The van der Waals surface area contributed by atoms with Gasteiger partial charge in [0.1, 0.15) is 5.03 Å². The quantitative estimate of drug-likeness (QED) is 0.432. The van der Waals surface area contributed by atoms with Crippen LogP contribution in [0.15, 0.2) is 11.6 Å². The molecule has 9 heteroatoms. The summed E-state index contributed by atoms with van der Waals surface area (Å²) < 4.78 is 80.9. The van der Waals surface area contributed by atoms with Crippen LogP contribution in [0, 0.1) is 0 Å². The van der Waals surface area contributed by atoms with Crippen molar-refractivity contribution < 1.29 is 37.2 Å². The third kappa shape index (κ3) is 4.41. The molecule has 0 aliphatic heterocycles. The monoisotopic (exact) mass is 257 g/mol. The molecule has 0 aliphatic rings. The number of rotatable bonds is 2. The molecule has 0 atom stereocenters. The summed E-state index contributed by atoms with van der Waals surface area (Å²) in [5.74, 6) is -2.17. The summed E-state index contributed by atoms with van der Waals surface area (Å²) in [7, 11) is 0. The Morgan fingerprint density at radius 2 is 1.60 bits per heavy atom. The molecule has 0 aliphatic carbocycles. The fraction of sp³-hybridized carbons (Fsp3) is 0.500. The van der Waals surface area contributed by atoms with Crippen LogP contribution in [0.4, 0.5) is 26.3 Å². The van der Waals surface area contributed by atoms with E-state index in [4.69, 9.17) is 13.0 Å². The van der Waals surface area contributed by atoms with Gasteiger partial charge < -0.3 is 4.74 Å². The van der Waals surface area contributed by atoms with E-state index < -0.39 is 29.4 Å². The molecular weight excluding hydrogens is 254 g/mol. The Morgan fingerprint density at radius 1 is 1.27 bits per heavy atom. The molecule has 0 aromatic carbocycles. The zero-order chi connectivity index (χ0) is 13.4. The summed E-state index contributed by atoms with van der Waals surface area (Å²) in [5, 5.41) is -1.20. The van der Waals surface area contributed by atoms with Gasteiger partial charge in [-0.25, -0.2) is 4.79 Å². The highest BCUT2D eigenvalue weighted by Gasteiger charge is 2.59. The van der Waals surface area contributed by atoms with Crippen LogP contribution in [-0.4, -0.2) is 24.4 Å². The second-order valence-electron chi connectivity index (χ2n) is 2.12. The molecule has 0 spiro atoms. The first-order valence-electron chi connectivity index (χ1n) is 3.54. The molecule has 0 unspecified atom stereocenters. The Balaban J connectivity index is 5.30. The summed E-state index contributed by atoms with van der Waals surface area (Å²) in [6.07, 6.45) is -17.7. The minimum atomic E-state index is -6.15. The first kappa shape index (κ1) is 12.2. The number of hydrogen-bond donors (Lipinski definition) is 0. The van der Waals surface area contributed by atoms with Crippen LogP contribution < -0.4 is 0 Å². The Morgan fingerprint density at radius 3 is 1.80 bits per heavy atom. The molecular formula is C6H3ClF6O2. The van der Waals surface area contributed by atoms with E-state index in [0.29, 0.717) is 0 Å². The van der Waals surface area contributed by atoms with E-state index in [1.54, 1.807) is 0 Å². The number of carbonyl (C=O) groups excluding carboxylic acids is 1. The average Bonchev–Trinajstić information content (AvgIpc) is 1.99. The molecule has 2 nitrogen and oxygen atoms in total. The van der Waals surface area contributed by atoms with Gasteiger partial charge in [-0.05, 0) is 0 Å². The van der Waals surface area contributed by atoms with Crippen molar-refractivity contribution in [1.82, 2.24) is 0 Å². The van der Waals surface area contributed by atoms with Crippen molar-refractivity contribution in [2.24, 2.45) is 0 Å². The molecule has 0 saturated heterocycles. The van der Waals surface area contributed by atoms with Crippen LogP contribution in [0.2, 0.25) is 0 Å². The number of ether oxygens (including phenoxy) is 1. The molecule has 0 radical (unpaired) electrons. The van der Waals surface area contributed by atoms with Crippen LogP contribution in [0.25, 0.3) is 0 Å². The van der Waals surface area contributed by atoms with Crippen LogP contribution in [0.5, 0.6) is 0 Å². The lowest BCUT2D eigenvalue weighted by atomic mass is 10.3. The Labute approximate surface area is 85.9 Å². The molecule has 0 saturated carbocycles. The summed E-state index contributed by atoms with van der Waals surface area (Å²) >= 11 is 4.75. The van der Waals surface area contributed by atoms with Gasteiger partial charge in [-0.2, -0.15) is 26.3 Å². The fourth-order valence-corrected chi connectivity index (χ4v) is 0.463. The molecule has 0 N–H and O–H groups in total. The predicted molar refractivity (Wildman–Crippen MR) is 37.0 cm³/mol. The molecule has 0 amide bonds. The first-order chi connectivity index (χ1) is 6.83. The van der Waals surface area contributed by atoms with Gasteiger partial charge in [0.25, 0.3) is 6.08 Å². The van der Waals surface area contributed by atoms with Gasteiger partial charge >= 0.3 is 18.3 Å². The van der Waals surface area contributed by atoms with E-state index >= 15 is 0 Å². The SMILES string of the molecule is [2H]C(OC(=O)C(=C)Cl)(C(F)(F)F)C(F)(F)F. The van der Waals surface area contributed by atoms with Gasteiger partial charge in [-0.15, -0.1) is 0 Å². The van der Waals surface area contributed by atoms with Crippen molar-refractivity contribution in [3.63, 3.8) is 0 Å². The van der Waals surface area contributed by atoms with Crippen molar-refractivity contribution >= 4 is 17.6 Å². The highest BCUT2D eigenvalue weighted by Crippen LogP contribution is 2.36. The Kier molecular flexibility index (Phi) is 3.48. The topological polar surface area (TPSA) is 26.3 Å². The number of hydrogen-bond acceptors (Lipinski definition) is 2. The molecule has 88 valence electrons. The maximum Gasteiger partial charge on any atom is 0.434 e.